The number of carbonyl (C=O) groups is 2. The highest BCUT2D eigenvalue weighted by molar-refractivity contribution is 7.92. The maximum Gasteiger partial charge on any atom is 0.244 e. The smallest absolute Gasteiger partial charge is 0.244 e. The summed E-state index contributed by atoms with van der Waals surface area (Å²) in [5.74, 6) is -0.793. The summed E-state index contributed by atoms with van der Waals surface area (Å²) in [4.78, 5) is 28.4. The van der Waals surface area contributed by atoms with Crippen molar-refractivity contribution in [3.05, 3.63) is 63.1 Å². The molecule has 1 fully saturated rings. The van der Waals surface area contributed by atoms with Gasteiger partial charge in [0.15, 0.2) is 0 Å². The summed E-state index contributed by atoms with van der Waals surface area (Å²) in [6, 6.07) is 10.8. The van der Waals surface area contributed by atoms with E-state index in [2.05, 4.69) is 5.32 Å². The number of nitrogens with one attached hydrogen (secondary N) is 1. The van der Waals surface area contributed by atoms with E-state index in [-0.39, 0.29) is 34.2 Å². The molecule has 2 aromatic rings. The van der Waals surface area contributed by atoms with Crippen LogP contribution < -0.4 is 9.62 Å². The standard InChI is InChI=1S/C25H30Cl3N3O4S/c1-3-21(25(33)29-19-7-4-5-8-19)30(15-17-11-13-18(26)14-12-17)23(32)16-31(36(2,34)35)22-10-6-9-20(27)24(22)28/h6,9-14,19,21H,3-5,7-8,15-16H2,1-2H3,(H,29,33)/t21-/m1/s1. The van der Waals surface area contributed by atoms with Crippen LogP contribution in [0.15, 0.2) is 42.5 Å². The van der Waals surface area contributed by atoms with Gasteiger partial charge in [0.05, 0.1) is 22.0 Å². The van der Waals surface area contributed by atoms with Crippen molar-refractivity contribution in [3.8, 4) is 0 Å². The van der Waals surface area contributed by atoms with Crippen LogP contribution in [0.5, 0.6) is 0 Å². The number of amides is 2. The van der Waals surface area contributed by atoms with E-state index in [1.165, 1.54) is 17.0 Å². The second-order valence-electron chi connectivity index (χ2n) is 8.90. The first-order chi connectivity index (χ1) is 17.0. The molecule has 2 amide bonds. The number of benzene rings is 2. The zero-order valence-electron chi connectivity index (χ0n) is 20.2. The zero-order chi connectivity index (χ0) is 26.5. The van der Waals surface area contributed by atoms with E-state index in [9.17, 15) is 18.0 Å². The number of nitrogens with zero attached hydrogens (tertiary/aromatic N) is 2. The second-order valence-corrected chi connectivity index (χ2v) is 12.0. The molecule has 0 heterocycles. The van der Waals surface area contributed by atoms with Gasteiger partial charge in [-0.25, -0.2) is 8.42 Å². The predicted octanol–water partition coefficient (Wildman–Crippen LogP) is 5.28. The monoisotopic (exact) mass is 573 g/mol. The van der Waals surface area contributed by atoms with Crippen molar-refractivity contribution in [2.45, 2.75) is 57.7 Å². The van der Waals surface area contributed by atoms with Gasteiger partial charge in [-0.1, -0.05) is 72.8 Å². The number of carbonyl (C=O) groups excluding carboxylic acids is 2. The number of rotatable bonds is 10. The number of sulfonamides is 1. The Morgan fingerprint density at radius 3 is 2.28 bits per heavy atom. The van der Waals surface area contributed by atoms with E-state index in [1.807, 2.05) is 6.92 Å². The van der Waals surface area contributed by atoms with Crippen molar-refractivity contribution in [3.63, 3.8) is 0 Å². The van der Waals surface area contributed by atoms with Gasteiger partial charge in [-0.15, -0.1) is 0 Å². The Balaban J connectivity index is 1.94. The first kappa shape index (κ1) is 28.6. The minimum atomic E-state index is -3.91. The van der Waals surface area contributed by atoms with Crippen LogP contribution in [0.3, 0.4) is 0 Å². The molecule has 0 saturated heterocycles. The highest BCUT2D eigenvalue weighted by Gasteiger charge is 2.33. The molecule has 196 valence electrons. The van der Waals surface area contributed by atoms with E-state index in [4.69, 9.17) is 34.8 Å². The van der Waals surface area contributed by atoms with Crippen molar-refractivity contribution in [1.82, 2.24) is 10.2 Å². The van der Waals surface area contributed by atoms with Crippen molar-refractivity contribution >= 4 is 62.3 Å². The van der Waals surface area contributed by atoms with E-state index >= 15 is 0 Å². The Morgan fingerprint density at radius 2 is 1.69 bits per heavy atom. The molecule has 2 aromatic carbocycles. The lowest BCUT2D eigenvalue weighted by atomic mass is 10.1. The van der Waals surface area contributed by atoms with Gasteiger partial charge in [-0.3, -0.25) is 13.9 Å². The van der Waals surface area contributed by atoms with Crippen LogP contribution in [0.2, 0.25) is 15.1 Å². The molecular formula is C25H30Cl3N3O4S. The fourth-order valence-corrected chi connectivity index (χ4v) is 5.78. The fourth-order valence-electron chi connectivity index (χ4n) is 4.35. The van der Waals surface area contributed by atoms with Crippen molar-refractivity contribution < 1.29 is 18.0 Å². The number of hydrogen-bond donors (Lipinski definition) is 1. The normalized spacial score (nSPS) is 14.9. The number of anilines is 1. The topological polar surface area (TPSA) is 86.8 Å². The summed E-state index contributed by atoms with van der Waals surface area (Å²) < 4.78 is 26.3. The summed E-state index contributed by atoms with van der Waals surface area (Å²) in [5, 5.41) is 3.79. The molecular weight excluding hydrogens is 545 g/mol. The summed E-state index contributed by atoms with van der Waals surface area (Å²) in [6.07, 6.45) is 5.27. The molecule has 1 saturated carbocycles. The van der Waals surface area contributed by atoms with Crippen LogP contribution in [0.4, 0.5) is 5.69 Å². The highest BCUT2D eigenvalue weighted by Crippen LogP contribution is 2.34. The molecule has 11 heteroatoms. The Kier molecular flexibility index (Phi) is 9.92. The maximum absolute atomic E-state index is 13.7. The predicted molar refractivity (Wildman–Crippen MR) is 145 cm³/mol. The third-order valence-electron chi connectivity index (χ3n) is 6.23. The first-order valence-corrected chi connectivity index (χ1v) is 14.8. The van der Waals surface area contributed by atoms with Crippen molar-refractivity contribution in [2.75, 3.05) is 17.1 Å². The van der Waals surface area contributed by atoms with Gasteiger partial charge in [-0.2, -0.15) is 0 Å². The van der Waals surface area contributed by atoms with Gasteiger partial charge in [0.2, 0.25) is 21.8 Å². The molecule has 1 aliphatic rings. The Bertz CT molecular complexity index is 1190. The number of hydrogen-bond acceptors (Lipinski definition) is 4. The quantitative estimate of drug-likeness (QED) is 0.418. The molecule has 0 radical (unpaired) electrons. The summed E-state index contributed by atoms with van der Waals surface area (Å²) >= 11 is 18.4. The average molecular weight is 575 g/mol. The molecule has 36 heavy (non-hydrogen) atoms. The lowest BCUT2D eigenvalue weighted by Gasteiger charge is -2.33. The van der Waals surface area contributed by atoms with Gasteiger partial charge in [0, 0.05) is 17.6 Å². The van der Waals surface area contributed by atoms with E-state index in [0.29, 0.717) is 11.4 Å². The van der Waals surface area contributed by atoms with Crippen molar-refractivity contribution in [1.29, 1.82) is 0 Å². The van der Waals surface area contributed by atoms with E-state index in [0.717, 1.165) is 41.8 Å². The van der Waals surface area contributed by atoms with Crippen LogP contribution in [0.1, 0.15) is 44.6 Å². The Morgan fingerprint density at radius 1 is 1.06 bits per heavy atom. The molecule has 1 N–H and O–H groups in total. The molecule has 0 unspecified atom stereocenters. The van der Waals surface area contributed by atoms with E-state index < -0.39 is 28.5 Å². The summed E-state index contributed by atoms with van der Waals surface area (Å²) in [6.45, 7) is 1.39. The third kappa shape index (κ3) is 7.28. The van der Waals surface area contributed by atoms with Crippen molar-refractivity contribution in [2.24, 2.45) is 0 Å². The highest BCUT2D eigenvalue weighted by atomic mass is 35.5. The maximum atomic E-state index is 13.7. The molecule has 0 bridgehead atoms. The third-order valence-corrected chi connectivity index (χ3v) is 8.42. The van der Waals surface area contributed by atoms with Gasteiger partial charge < -0.3 is 10.2 Å². The molecule has 3 rings (SSSR count). The average Bonchev–Trinajstić information content (AvgIpc) is 3.33. The van der Waals surface area contributed by atoms with Gasteiger partial charge in [-0.05, 0) is 49.1 Å². The first-order valence-electron chi connectivity index (χ1n) is 11.8. The summed E-state index contributed by atoms with van der Waals surface area (Å²) in [7, 11) is -3.91. The molecule has 0 aromatic heterocycles. The van der Waals surface area contributed by atoms with Crippen LogP contribution >= 0.6 is 34.8 Å². The van der Waals surface area contributed by atoms with Crippen LogP contribution in [0.25, 0.3) is 0 Å². The molecule has 1 atom stereocenters. The molecule has 7 nitrogen and oxygen atoms in total. The van der Waals surface area contributed by atoms with Crippen LogP contribution in [-0.2, 0) is 26.2 Å². The van der Waals surface area contributed by atoms with Gasteiger partial charge in [0.1, 0.15) is 12.6 Å². The lowest BCUT2D eigenvalue weighted by molar-refractivity contribution is -0.140. The SMILES string of the molecule is CC[C@H](C(=O)NC1CCCC1)N(Cc1ccc(Cl)cc1)C(=O)CN(c1cccc(Cl)c1Cl)S(C)(=O)=O. The Labute approximate surface area is 227 Å². The second kappa shape index (κ2) is 12.5. The van der Waals surface area contributed by atoms with Crippen LogP contribution in [-0.4, -0.2) is 50.0 Å². The molecule has 0 spiro atoms. The Hall–Kier alpha value is -2.00. The molecule has 1 aliphatic carbocycles. The fraction of sp³-hybridized carbons (Fsp3) is 0.440. The lowest BCUT2D eigenvalue weighted by Crippen LogP contribution is -2.53. The van der Waals surface area contributed by atoms with E-state index in [1.54, 1.807) is 30.3 Å². The minimum absolute atomic E-state index is 0.0210. The number of halogens is 3. The zero-order valence-corrected chi connectivity index (χ0v) is 23.3. The minimum Gasteiger partial charge on any atom is -0.352 e. The largest absolute Gasteiger partial charge is 0.352 e. The van der Waals surface area contributed by atoms with Gasteiger partial charge >= 0.3 is 0 Å². The van der Waals surface area contributed by atoms with Crippen LogP contribution in [0, 0.1) is 0 Å². The molecule has 0 aliphatic heterocycles. The summed E-state index contributed by atoms with van der Waals surface area (Å²) in [5.41, 5.74) is 0.849. The van der Waals surface area contributed by atoms with Gasteiger partial charge in [0.25, 0.3) is 0 Å².